The number of carbonyl (C=O) groups is 2. The minimum Gasteiger partial charge on any atom is -0.449 e. The third kappa shape index (κ3) is 5.63. The number of hydrogen-bond acceptors (Lipinski definition) is 7. The molecule has 0 saturated carbocycles. The predicted molar refractivity (Wildman–Crippen MR) is 109 cm³/mol. The maximum atomic E-state index is 12.3. The fourth-order valence-electron chi connectivity index (χ4n) is 2.25. The molecule has 1 amide bonds. The van der Waals surface area contributed by atoms with E-state index in [0.29, 0.717) is 0 Å². The lowest BCUT2D eigenvalue weighted by molar-refractivity contribution is -0.123. The topological polar surface area (TPSA) is 153 Å². The summed E-state index contributed by atoms with van der Waals surface area (Å²) in [5, 5.41) is 7.48. The SMILES string of the molecule is CC(OC(=O)c1cccc(S(=O)(=O)N(C)C)c1)C(=O)Nc1ccc(S(N)(=O)=O)cc1. The van der Waals surface area contributed by atoms with Crippen molar-refractivity contribution in [3.8, 4) is 0 Å². The van der Waals surface area contributed by atoms with Crippen molar-refractivity contribution in [2.75, 3.05) is 19.4 Å². The van der Waals surface area contributed by atoms with Crippen LogP contribution >= 0.6 is 0 Å². The van der Waals surface area contributed by atoms with E-state index in [1.165, 1.54) is 63.5 Å². The molecular formula is C18H21N3O7S2. The summed E-state index contributed by atoms with van der Waals surface area (Å²) in [4.78, 5) is 24.4. The van der Waals surface area contributed by atoms with Crippen LogP contribution in [0.3, 0.4) is 0 Å². The van der Waals surface area contributed by atoms with Gasteiger partial charge in [-0.25, -0.2) is 31.1 Å². The second-order valence-electron chi connectivity index (χ2n) is 6.42. The molecule has 0 bridgehead atoms. The Morgan fingerprint density at radius 1 is 1.00 bits per heavy atom. The number of benzene rings is 2. The van der Waals surface area contributed by atoms with Crippen LogP contribution in [0, 0.1) is 0 Å². The molecular weight excluding hydrogens is 434 g/mol. The molecule has 0 saturated heterocycles. The number of sulfonamides is 2. The summed E-state index contributed by atoms with van der Waals surface area (Å²) >= 11 is 0. The van der Waals surface area contributed by atoms with Crippen molar-refractivity contribution in [3.63, 3.8) is 0 Å². The first kappa shape index (κ1) is 23.5. The van der Waals surface area contributed by atoms with Crippen LogP contribution in [0.2, 0.25) is 0 Å². The number of ether oxygens (including phenoxy) is 1. The predicted octanol–water partition coefficient (Wildman–Crippen LogP) is 0.768. The highest BCUT2D eigenvalue weighted by atomic mass is 32.2. The molecule has 1 unspecified atom stereocenters. The monoisotopic (exact) mass is 455 g/mol. The van der Waals surface area contributed by atoms with Gasteiger partial charge in [0.2, 0.25) is 20.0 Å². The number of nitrogens with one attached hydrogen (secondary N) is 1. The third-order valence-electron chi connectivity index (χ3n) is 3.95. The molecule has 0 radical (unpaired) electrons. The molecule has 0 aromatic heterocycles. The van der Waals surface area contributed by atoms with Gasteiger partial charge in [-0.3, -0.25) is 4.79 Å². The molecule has 0 fully saturated rings. The van der Waals surface area contributed by atoms with E-state index in [1.807, 2.05) is 0 Å². The Labute approximate surface area is 174 Å². The van der Waals surface area contributed by atoms with E-state index in [2.05, 4.69) is 5.32 Å². The molecule has 3 N–H and O–H groups in total. The van der Waals surface area contributed by atoms with Crippen molar-refractivity contribution < 1.29 is 31.2 Å². The molecule has 0 aliphatic carbocycles. The number of nitrogens with zero attached hydrogens (tertiary/aromatic N) is 1. The van der Waals surface area contributed by atoms with Crippen LogP contribution in [-0.4, -0.2) is 53.2 Å². The summed E-state index contributed by atoms with van der Waals surface area (Å²) in [6.45, 7) is 1.34. The van der Waals surface area contributed by atoms with Gasteiger partial charge in [-0.1, -0.05) is 6.07 Å². The van der Waals surface area contributed by atoms with Crippen molar-refractivity contribution in [1.82, 2.24) is 4.31 Å². The van der Waals surface area contributed by atoms with E-state index in [4.69, 9.17) is 9.88 Å². The number of anilines is 1. The van der Waals surface area contributed by atoms with Crippen LogP contribution in [0.5, 0.6) is 0 Å². The van der Waals surface area contributed by atoms with Gasteiger partial charge in [0.1, 0.15) is 0 Å². The van der Waals surface area contributed by atoms with Crippen LogP contribution in [-0.2, 0) is 29.6 Å². The van der Waals surface area contributed by atoms with Crippen molar-refractivity contribution in [2.24, 2.45) is 5.14 Å². The van der Waals surface area contributed by atoms with E-state index in [1.54, 1.807) is 0 Å². The highest BCUT2D eigenvalue weighted by Gasteiger charge is 2.22. The fourth-order valence-corrected chi connectivity index (χ4v) is 3.71. The Morgan fingerprint density at radius 2 is 1.60 bits per heavy atom. The second kappa shape index (κ2) is 8.92. The first-order chi connectivity index (χ1) is 13.8. The molecule has 12 heteroatoms. The average Bonchev–Trinajstić information content (AvgIpc) is 2.67. The molecule has 0 heterocycles. The zero-order valence-corrected chi connectivity index (χ0v) is 18.0. The number of esters is 1. The van der Waals surface area contributed by atoms with Crippen molar-refractivity contribution in [2.45, 2.75) is 22.8 Å². The lowest BCUT2D eigenvalue weighted by Gasteiger charge is -2.15. The van der Waals surface area contributed by atoms with Gasteiger partial charge in [0.05, 0.1) is 15.4 Å². The second-order valence-corrected chi connectivity index (χ2v) is 10.1. The lowest BCUT2D eigenvalue weighted by Crippen LogP contribution is -2.30. The van der Waals surface area contributed by atoms with Crippen LogP contribution in [0.4, 0.5) is 5.69 Å². The maximum absolute atomic E-state index is 12.3. The minimum atomic E-state index is -3.86. The molecule has 30 heavy (non-hydrogen) atoms. The van der Waals surface area contributed by atoms with E-state index in [0.717, 1.165) is 10.4 Å². The summed E-state index contributed by atoms with van der Waals surface area (Å²) < 4.78 is 53.0. The zero-order valence-electron chi connectivity index (χ0n) is 16.4. The van der Waals surface area contributed by atoms with Crippen LogP contribution in [0.1, 0.15) is 17.3 Å². The van der Waals surface area contributed by atoms with Gasteiger partial charge in [0.25, 0.3) is 5.91 Å². The average molecular weight is 456 g/mol. The van der Waals surface area contributed by atoms with E-state index in [9.17, 15) is 26.4 Å². The molecule has 2 aromatic rings. The smallest absolute Gasteiger partial charge is 0.338 e. The molecule has 0 spiro atoms. The van der Waals surface area contributed by atoms with Crippen LogP contribution in [0.25, 0.3) is 0 Å². The zero-order chi connectivity index (χ0) is 22.7. The number of hydrogen-bond donors (Lipinski definition) is 2. The highest BCUT2D eigenvalue weighted by Crippen LogP contribution is 2.17. The van der Waals surface area contributed by atoms with Gasteiger partial charge in [0, 0.05) is 19.8 Å². The maximum Gasteiger partial charge on any atom is 0.338 e. The molecule has 2 rings (SSSR count). The normalized spacial score (nSPS) is 13.0. The van der Waals surface area contributed by atoms with Gasteiger partial charge >= 0.3 is 5.97 Å². The highest BCUT2D eigenvalue weighted by molar-refractivity contribution is 7.89. The van der Waals surface area contributed by atoms with Crippen LogP contribution < -0.4 is 10.5 Å². The Kier molecular flexibility index (Phi) is 6.98. The minimum absolute atomic E-state index is 0.0323. The summed E-state index contributed by atoms with van der Waals surface area (Å²) in [5.41, 5.74) is 0.240. The summed E-state index contributed by atoms with van der Waals surface area (Å²) in [6.07, 6.45) is -1.20. The Hall–Kier alpha value is -2.80. The molecule has 0 aliphatic heterocycles. The van der Waals surface area contributed by atoms with Crippen molar-refractivity contribution in [3.05, 3.63) is 54.1 Å². The van der Waals surface area contributed by atoms with Crippen molar-refractivity contribution in [1.29, 1.82) is 0 Å². The van der Waals surface area contributed by atoms with E-state index < -0.39 is 38.0 Å². The largest absolute Gasteiger partial charge is 0.449 e. The third-order valence-corrected chi connectivity index (χ3v) is 6.69. The number of nitrogens with two attached hydrogens (primary N) is 1. The van der Waals surface area contributed by atoms with Crippen LogP contribution in [0.15, 0.2) is 58.3 Å². The van der Waals surface area contributed by atoms with Gasteiger partial charge in [-0.05, 0) is 49.4 Å². The summed E-state index contributed by atoms with van der Waals surface area (Å²) in [6, 6.07) is 10.4. The van der Waals surface area contributed by atoms with Gasteiger partial charge in [0.15, 0.2) is 6.10 Å². The lowest BCUT2D eigenvalue weighted by atomic mass is 10.2. The number of primary sulfonamides is 1. The molecule has 10 nitrogen and oxygen atoms in total. The Morgan fingerprint density at radius 3 is 2.13 bits per heavy atom. The molecule has 2 aromatic carbocycles. The van der Waals surface area contributed by atoms with E-state index in [-0.39, 0.29) is 21.0 Å². The summed E-state index contributed by atoms with van der Waals surface area (Å²) in [7, 11) is -4.87. The molecule has 0 aliphatic rings. The van der Waals surface area contributed by atoms with Crippen molar-refractivity contribution >= 4 is 37.6 Å². The molecule has 162 valence electrons. The standard InChI is InChI=1S/C18H21N3O7S2/c1-12(17(22)20-14-7-9-15(10-8-14)29(19,24)25)28-18(23)13-5-4-6-16(11-13)30(26,27)21(2)3/h4-12H,1-3H3,(H,20,22)(H2,19,24,25). The van der Waals surface area contributed by atoms with E-state index >= 15 is 0 Å². The van der Waals surface area contributed by atoms with Gasteiger partial charge in [-0.2, -0.15) is 0 Å². The van der Waals surface area contributed by atoms with Gasteiger partial charge in [-0.15, -0.1) is 0 Å². The number of amides is 1. The first-order valence-corrected chi connectivity index (χ1v) is 11.5. The van der Waals surface area contributed by atoms with Gasteiger partial charge < -0.3 is 10.1 Å². The Balaban J connectivity index is 2.08. The first-order valence-electron chi connectivity index (χ1n) is 8.49. The quantitative estimate of drug-likeness (QED) is 0.585. The summed E-state index contributed by atoms with van der Waals surface area (Å²) in [5.74, 6) is -1.54. The fraction of sp³-hybridized carbons (Fsp3) is 0.222. The Bertz CT molecular complexity index is 1160. The number of carbonyl (C=O) groups excluding carboxylic acids is 2. The molecule has 1 atom stereocenters. The number of rotatable bonds is 7.